The molecule has 3 nitrogen and oxygen atoms in total. The van der Waals surface area contributed by atoms with E-state index in [-0.39, 0.29) is 0 Å². The molecule has 0 spiro atoms. The third-order valence-electron chi connectivity index (χ3n) is 3.42. The molecule has 0 unspecified atom stereocenters. The highest BCUT2D eigenvalue weighted by Gasteiger charge is 2.17. The van der Waals surface area contributed by atoms with E-state index in [9.17, 15) is 0 Å². The van der Waals surface area contributed by atoms with Gasteiger partial charge in [-0.2, -0.15) is 0 Å². The molecule has 1 N–H and O–H groups in total. The van der Waals surface area contributed by atoms with Crippen LogP contribution in [0.4, 0.5) is 0 Å². The second kappa shape index (κ2) is 5.94. The van der Waals surface area contributed by atoms with Gasteiger partial charge in [-0.1, -0.05) is 22.0 Å². The minimum absolute atomic E-state index is 0.765. The van der Waals surface area contributed by atoms with Crippen molar-refractivity contribution in [3.63, 3.8) is 0 Å². The number of hydrogen-bond acceptors (Lipinski definition) is 3. The number of fused-ring (bicyclic) bond motifs is 1. The van der Waals surface area contributed by atoms with E-state index in [4.69, 9.17) is 4.74 Å². The van der Waals surface area contributed by atoms with Gasteiger partial charge in [0.2, 0.25) is 0 Å². The fourth-order valence-corrected chi connectivity index (χ4v) is 2.96. The van der Waals surface area contributed by atoms with Crippen LogP contribution >= 0.6 is 15.9 Å². The molecule has 1 aromatic carbocycles. The smallest absolute Gasteiger partial charge is 0.127 e. The lowest BCUT2D eigenvalue weighted by Crippen LogP contribution is -2.14. The summed E-state index contributed by atoms with van der Waals surface area (Å²) in [7, 11) is 0. The highest BCUT2D eigenvalue weighted by Crippen LogP contribution is 2.32. The Balaban J connectivity index is 1.65. The van der Waals surface area contributed by atoms with Crippen molar-refractivity contribution >= 4 is 15.9 Å². The fourth-order valence-electron chi connectivity index (χ4n) is 2.41. The van der Waals surface area contributed by atoms with Crippen LogP contribution in [0.2, 0.25) is 0 Å². The zero-order valence-electron chi connectivity index (χ0n) is 11.4. The normalized spacial score (nSPS) is 13.1. The molecule has 0 saturated carbocycles. The van der Waals surface area contributed by atoms with Crippen LogP contribution in [0.25, 0.3) is 0 Å². The highest BCUT2D eigenvalue weighted by atomic mass is 79.9. The average molecular weight is 333 g/mol. The largest absolute Gasteiger partial charge is 0.493 e. The zero-order valence-corrected chi connectivity index (χ0v) is 13.0. The fraction of sp³-hybridized carbons (Fsp3) is 0.312. The van der Waals surface area contributed by atoms with Gasteiger partial charge in [0, 0.05) is 35.7 Å². The van der Waals surface area contributed by atoms with Gasteiger partial charge in [0.15, 0.2) is 0 Å². The Labute approximate surface area is 127 Å². The number of nitrogens with one attached hydrogen (secondary N) is 1. The molecular formula is C16H17BrN2O. The number of nitrogens with zero attached hydrogens (tertiary/aromatic N) is 1. The van der Waals surface area contributed by atoms with E-state index < -0.39 is 0 Å². The standard InChI is InChI=1S/C16H17BrN2O/c1-11-2-3-15(19-8-11)10-18-9-13-7-14(17)6-12-4-5-20-16(12)13/h2-3,6-8,18H,4-5,9-10H2,1H3. The minimum Gasteiger partial charge on any atom is -0.493 e. The Hall–Kier alpha value is -1.39. The Morgan fingerprint density at radius 1 is 1.30 bits per heavy atom. The van der Waals surface area contributed by atoms with E-state index in [0.29, 0.717) is 0 Å². The van der Waals surface area contributed by atoms with Crippen molar-refractivity contribution in [1.29, 1.82) is 0 Å². The van der Waals surface area contributed by atoms with E-state index in [1.165, 1.54) is 16.7 Å². The molecule has 4 heteroatoms. The van der Waals surface area contributed by atoms with Gasteiger partial charge in [-0.15, -0.1) is 0 Å². The summed E-state index contributed by atoms with van der Waals surface area (Å²) < 4.78 is 6.84. The van der Waals surface area contributed by atoms with Gasteiger partial charge in [0.25, 0.3) is 0 Å². The Morgan fingerprint density at radius 3 is 3.00 bits per heavy atom. The van der Waals surface area contributed by atoms with Crippen molar-refractivity contribution in [1.82, 2.24) is 10.3 Å². The Bertz CT molecular complexity index is 611. The maximum absolute atomic E-state index is 5.73. The van der Waals surface area contributed by atoms with Crippen molar-refractivity contribution in [2.24, 2.45) is 0 Å². The molecule has 2 heterocycles. The van der Waals surface area contributed by atoms with Crippen molar-refractivity contribution in [2.45, 2.75) is 26.4 Å². The molecule has 0 radical (unpaired) electrons. The van der Waals surface area contributed by atoms with Crippen LogP contribution in [-0.4, -0.2) is 11.6 Å². The molecule has 1 aromatic heterocycles. The van der Waals surface area contributed by atoms with Crippen LogP contribution in [0.3, 0.4) is 0 Å². The van der Waals surface area contributed by atoms with Crippen LogP contribution < -0.4 is 10.1 Å². The highest BCUT2D eigenvalue weighted by molar-refractivity contribution is 9.10. The predicted octanol–water partition coefficient (Wildman–Crippen LogP) is 3.38. The SMILES string of the molecule is Cc1ccc(CNCc2cc(Br)cc3c2OCC3)nc1. The molecule has 0 aliphatic carbocycles. The van der Waals surface area contributed by atoms with Gasteiger partial charge in [0.1, 0.15) is 5.75 Å². The van der Waals surface area contributed by atoms with E-state index in [1.54, 1.807) is 0 Å². The van der Waals surface area contributed by atoms with Crippen LogP contribution in [0.15, 0.2) is 34.9 Å². The van der Waals surface area contributed by atoms with Gasteiger partial charge in [-0.05, 0) is 36.2 Å². The van der Waals surface area contributed by atoms with Gasteiger partial charge < -0.3 is 10.1 Å². The average Bonchev–Trinajstić information content (AvgIpc) is 2.89. The Morgan fingerprint density at radius 2 is 2.20 bits per heavy atom. The van der Waals surface area contributed by atoms with Crippen LogP contribution in [0, 0.1) is 6.92 Å². The number of benzene rings is 1. The first-order valence-electron chi connectivity index (χ1n) is 6.79. The van der Waals surface area contributed by atoms with Gasteiger partial charge in [-0.25, -0.2) is 0 Å². The summed E-state index contributed by atoms with van der Waals surface area (Å²) in [6.45, 7) is 4.39. The molecule has 0 amide bonds. The summed E-state index contributed by atoms with van der Waals surface area (Å²) in [5, 5.41) is 3.43. The topological polar surface area (TPSA) is 34.1 Å². The lowest BCUT2D eigenvalue weighted by Gasteiger charge is -2.10. The van der Waals surface area contributed by atoms with Crippen LogP contribution in [0.5, 0.6) is 5.75 Å². The molecule has 20 heavy (non-hydrogen) atoms. The number of rotatable bonds is 4. The summed E-state index contributed by atoms with van der Waals surface area (Å²) in [5.74, 6) is 1.05. The van der Waals surface area contributed by atoms with E-state index in [1.807, 2.05) is 13.1 Å². The summed E-state index contributed by atoms with van der Waals surface area (Å²) in [6, 6.07) is 8.42. The van der Waals surface area contributed by atoms with Crippen molar-refractivity contribution in [3.05, 3.63) is 57.3 Å². The van der Waals surface area contributed by atoms with E-state index in [2.05, 4.69) is 50.5 Å². The van der Waals surface area contributed by atoms with Crippen molar-refractivity contribution in [2.75, 3.05) is 6.61 Å². The lowest BCUT2D eigenvalue weighted by molar-refractivity contribution is 0.352. The monoisotopic (exact) mass is 332 g/mol. The third-order valence-corrected chi connectivity index (χ3v) is 3.88. The molecule has 3 rings (SSSR count). The maximum Gasteiger partial charge on any atom is 0.127 e. The molecule has 2 aromatic rings. The van der Waals surface area contributed by atoms with Gasteiger partial charge in [-0.3, -0.25) is 4.98 Å². The summed E-state index contributed by atoms with van der Waals surface area (Å²) >= 11 is 3.56. The van der Waals surface area contributed by atoms with Crippen molar-refractivity contribution < 1.29 is 4.74 Å². The summed E-state index contributed by atoms with van der Waals surface area (Å²) in [4.78, 5) is 4.40. The van der Waals surface area contributed by atoms with Gasteiger partial charge >= 0.3 is 0 Å². The van der Waals surface area contributed by atoms with E-state index in [0.717, 1.165) is 42.0 Å². The Kier molecular flexibility index (Phi) is 4.03. The molecule has 1 aliphatic rings. The van der Waals surface area contributed by atoms with Crippen LogP contribution in [-0.2, 0) is 19.5 Å². The molecule has 0 fully saturated rings. The second-order valence-electron chi connectivity index (χ2n) is 5.08. The number of pyridine rings is 1. The zero-order chi connectivity index (χ0) is 13.9. The van der Waals surface area contributed by atoms with Gasteiger partial charge in [0.05, 0.1) is 12.3 Å². The molecule has 0 saturated heterocycles. The van der Waals surface area contributed by atoms with Crippen molar-refractivity contribution in [3.8, 4) is 5.75 Å². The molecule has 0 bridgehead atoms. The summed E-state index contributed by atoms with van der Waals surface area (Å²) in [6.07, 6.45) is 2.90. The first-order valence-corrected chi connectivity index (χ1v) is 7.58. The first-order chi connectivity index (χ1) is 9.72. The molecular weight excluding hydrogens is 316 g/mol. The lowest BCUT2D eigenvalue weighted by atomic mass is 10.1. The molecule has 104 valence electrons. The number of aromatic nitrogens is 1. The minimum atomic E-state index is 0.765. The number of aryl methyl sites for hydroxylation is 1. The second-order valence-corrected chi connectivity index (χ2v) is 6.00. The van der Waals surface area contributed by atoms with E-state index >= 15 is 0 Å². The number of ether oxygens (including phenoxy) is 1. The van der Waals surface area contributed by atoms with Crippen LogP contribution in [0.1, 0.15) is 22.4 Å². The quantitative estimate of drug-likeness (QED) is 0.931. The number of halogens is 1. The summed E-state index contributed by atoms with van der Waals surface area (Å²) in [5.41, 5.74) is 4.75. The maximum atomic E-state index is 5.73. The first kappa shape index (κ1) is 13.6. The number of hydrogen-bond donors (Lipinski definition) is 1. The molecule has 0 atom stereocenters. The third kappa shape index (κ3) is 3.02. The predicted molar refractivity (Wildman–Crippen MR) is 82.9 cm³/mol. The molecule has 1 aliphatic heterocycles.